The number of benzene rings is 2. The molecule has 0 bridgehead atoms. The summed E-state index contributed by atoms with van der Waals surface area (Å²) in [6.45, 7) is -0.0903. The first-order valence-electron chi connectivity index (χ1n) is 15.2. The number of nitrogens with one attached hydrogen (secondary N) is 1. The van der Waals surface area contributed by atoms with E-state index in [0.717, 1.165) is 31.2 Å². The van der Waals surface area contributed by atoms with Crippen LogP contribution in [0.2, 0.25) is 0 Å². The lowest BCUT2D eigenvalue weighted by Crippen LogP contribution is -2.56. The van der Waals surface area contributed by atoms with E-state index < -0.39 is 24.2 Å². The van der Waals surface area contributed by atoms with Gasteiger partial charge in [-0.1, -0.05) is 12.8 Å². The second kappa shape index (κ2) is 16.5. The van der Waals surface area contributed by atoms with Gasteiger partial charge in [0.25, 0.3) is 0 Å². The largest absolute Gasteiger partial charge is 0.497 e. The first kappa shape index (κ1) is 34.8. The Balaban J connectivity index is 1.72. The maximum absolute atomic E-state index is 14.1. The van der Waals surface area contributed by atoms with Crippen LogP contribution in [-0.2, 0) is 22.6 Å². The molecule has 246 valence electrons. The fourth-order valence-electron chi connectivity index (χ4n) is 6.06. The van der Waals surface area contributed by atoms with Crippen LogP contribution < -0.4 is 24.3 Å². The van der Waals surface area contributed by atoms with Gasteiger partial charge in [-0.25, -0.2) is 0 Å². The van der Waals surface area contributed by atoms with Crippen molar-refractivity contribution in [1.82, 2.24) is 10.2 Å². The summed E-state index contributed by atoms with van der Waals surface area (Å²) < 4.78 is 23.6. The third kappa shape index (κ3) is 8.40. The number of carbonyl (C=O) groups excluding carboxylic acids is 2. The van der Waals surface area contributed by atoms with Gasteiger partial charge in [0.15, 0.2) is 11.5 Å². The Bertz CT molecular complexity index is 1360. The van der Waals surface area contributed by atoms with Crippen LogP contribution in [0.1, 0.15) is 43.2 Å². The molecule has 0 aliphatic heterocycles. The zero-order chi connectivity index (χ0) is 32.5. The summed E-state index contributed by atoms with van der Waals surface area (Å²) in [5.41, 5.74) is 1.82. The molecule has 2 aromatic carbocycles. The molecule has 0 saturated heterocycles. The molecule has 12 heteroatoms. The topological polar surface area (TPSA) is 147 Å². The Morgan fingerprint density at radius 3 is 2.40 bits per heavy atom. The molecule has 3 atom stereocenters. The number of hydrogen-bond acceptors (Lipinski definition) is 9. The zero-order valence-corrected chi connectivity index (χ0v) is 28.1. The minimum Gasteiger partial charge on any atom is -0.497 e. The van der Waals surface area contributed by atoms with Crippen molar-refractivity contribution in [2.75, 3.05) is 41.0 Å². The van der Waals surface area contributed by atoms with Crippen LogP contribution in [0, 0.1) is 9.49 Å². The highest BCUT2D eigenvalue weighted by atomic mass is 127. The smallest absolute Gasteiger partial charge is 0.247 e. The van der Waals surface area contributed by atoms with Crippen molar-refractivity contribution in [1.29, 1.82) is 0 Å². The number of carbonyl (C=O) groups is 2. The molecule has 0 radical (unpaired) electrons. The molecule has 2 aromatic rings. The molecule has 2 amide bonds. The van der Waals surface area contributed by atoms with Crippen molar-refractivity contribution in [2.24, 2.45) is 5.92 Å². The SMILES string of the molecule is COc1ccc(OC)c(CCN(C(=O)C2CCCC2)C2CC(C(=O)NCCO)=CC(Oc3c(I)cc(CO)cc3OC)C2O)c1. The van der Waals surface area contributed by atoms with Crippen LogP contribution in [0.25, 0.3) is 0 Å². The van der Waals surface area contributed by atoms with Crippen molar-refractivity contribution in [3.8, 4) is 23.0 Å². The number of nitrogens with zero attached hydrogens (tertiary/aromatic N) is 1. The highest BCUT2D eigenvalue weighted by molar-refractivity contribution is 14.1. The summed E-state index contributed by atoms with van der Waals surface area (Å²) >= 11 is 2.07. The molecule has 1 saturated carbocycles. The van der Waals surface area contributed by atoms with E-state index in [-0.39, 0.29) is 44.5 Å². The third-order valence-electron chi connectivity index (χ3n) is 8.44. The normalized spacial score (nSPS) is 19.9. The van der Waals surface area contributed by atoms with Gasteiger partial charge in [0, 0.05) is 31.0 Å². The van der Waals surface area contributed by atoms with Gasteiger partial charge < -0.3 is 44.5 Å². The zero-order valence-electron chi connectivity index (χ0n) is 26.0. The second-order valence-corrected chi connectivity index (χ2v) is 12.4. The fraction of sp³-hybridized carbons (Fsp3) is 0.515. The van der Waals surface area contributed by atoms with Crippen molar-refractivity contribution in [3.63, 3.8) is 0 Å². The maximum atomic E-state index is 14.1. The predicted octanol–water partition coefficient (Wildman–Crippen LogP) is 2.99. The van der Waals surface area contributed by atoms with E-state index in [1.165, 1.54) is 7.11 Å². The van der Waals surface area contributed by atoms with Gasteiger partial charge in [-0.2, -0.15) is 0 Å². The Labute approximate surface area is 277 Å². The average molecular weight is 739 g/mol. The van der Waals surface area contributed by atoms with Crippen molar-refractivity contribution in [3.05, 3.63) is 56.7 Å². The number of halogens is 1. The lowest BCUT2D eigenvalue weighted by Gasteiger charge is -2.41. The van der Waals surface area contributed by atoms with E-state index in [1.807, 2.05) is 12.1 Å². The van der Waals surface area contributed by atoms with Crippen LogP contribution in [0.3, 0.4) is 0 Å². The van der Waals surface area contributed by atoms with E-state index >= 15 is 0 Å². The molecule has 45 heavy (non-hydrogen) atoms. The Hall–Kier alpha value is -3.07. The molecule has 0 heterocycles. The van der Waals surface area contributed by atoms with Gasteiger partial charge in [0.2, 0.25) is 11.8 Å². The van der Waals surface area contributed by atoms with E-state index in [2.05, 4.69) is 27.9 Å². The van der Waals surface area contributed by atoms with Gasteiger partial charge >= 0.3 is 0 Å². The summed E-state index contributed by atoms with van der Waals surface area (Å²) in [6.07, 6.45) is 3.38. The van der Waals surface area contributed by atoms with Gasteiger partial charge in [-0.05, 0) is 89.4 Å². The number of hydrogen-bond donors (Lipinski definition) is 4. The monoisotopic (exact) mass is 738 g/mol. The number of aliphatic hydroxyl groups excluding tert-OH is 3. The summed E-state index contributed by atoms with van der Waals surface area (Å²) in [7, 11) is 4.66. The van der Waals surface area contributed by atoms with Gasteiger partial charge in [-0.15, -0.1) is 0 Å². The first-order valence-corrected chi connectivity index (χ1v) is 16.3. The molecule has 2 aliphatic rings. The van der Waals surface area contributed by atoms with Crippen molar-refractivity contribution < 1.29 is 43.9 Å². The number of ether oxygens (including phenoxy) is 4. The molecule has 3 unspecified atom stereocenters. The molecule has 0 spiro atoms. The molecule has 4 rings (SSSR count). The van der Waals surface area contributed by atoms with Crippen molar-refractivity contribution in [2.45, 2.75) is 63.4 Å². The molecular weight excluding hydrogens is 695 g/mol. The number of amides is 2. The van der Waals surface area contributed by atoms with E-state index in [4.69, 9.17) is 18.9 Å². The molecule has 4 N–H and O–H groups in total. The fourth-order valence-corrected chi connectivity index (χ4v) is 6.85. The standard InChI is InChI=1S/C33H43IN2O9/c1-42-24-8-9-27(43-2)22(16-24)10-12-36(33(41)21-6-4-5-7-21)26-17-23(32(40)35-11-13-37)18-28(30(26)39)45-31-25(34)14-20(19-38)15-29(31)44-3/h8-9,14-16,18,21,26,28,30,37-39H,4-7,10-13,17,19H2,1-3H3,(H,35,40). The molecule has 11 nitrogen and oxygen atoms in total. The predicted molar refractivity (Wildman–Crippen MR) is 176 cm³/mol. The van der Waals surface area contributed by atoms with Crippen LogP contribution in [0.15, 0.2) is 42.0 Å². The quantitative estimate of drug-likeness (QED) is 0.215. The van der Waals surface area contributed by atoms with Crippen LogP contribution in [-0.4, -0.2) is 91.3 Å². The van der Waals surface area contributed by atoms with E-state index in [0.29, 0.717) is 44.1 Å². The molecule has 2 aliphatic carbocycles. The summed E-state index contributed by atoms with van der Waals surface area (Å²) in [5.74, 6) is 1.39. The third-order valence-corrected chi connectivity index (χ3v) is 9.24. The minimum atomic E-state index is -1.19. The van der Waals surface area contributed by atoms with E-state index in [9.17, 15) is 24.9 Å². The number of rotatable bonds is 14. The summed E-state index contributed by atoms with van der Waals surface area (Å²) in [5, 5.41) is 33.6. The summed E-state index contributed by atoms with van der Waals surface area (Å²) in [4.78, 5) is 29.1. The molecular formula is C33H43IN2O9. The first-order chi connectivity index (χ1) is 21.7. The minimum absolute atomic E-state index is 0.0591. The molecule has 1 fully saturated rings. The van der Waals surface area contributed by atoms with Crippen LogP contribution >= 0.6 is 22.6 Å². The highest BCUT2D eigenvalue weighted by Gasteiger charge is 2.42. The van der Waals surface area contributed by atoms with Crippen molar-refractivity contribution >= 4 is 34.4 Å². The maximum Gasteiger partial charge on any atom is 0.247 e. The summed E-state index contributed by atoms with van der Waals surface area (Å²) in [6, 6.07) is 8.13. The number of aliphatic hydroxyl groups is 3. The Kier molecular flexibility index (Phi) is 12.7. The lowest BCUT2D eigenvalue weighted by molar-refractivity contribution is -0.142. The second-order valence-electron chi connectivity index (χ2n) is 11.2. The van der Waals surface area contributed by atoms with E-state index in [1.54, 1.807) is 43.4 Å². The Morgan fingerprint density at radius 1 is 1.02 bits per heavy atom. The van der Waals surface area contributed by atoms with Gasteiger partial charge in [-0.3, -0.25) is 9.59 Å². The van der Waals surface area contributed by atoms with Crippen LogP contribution in [0.5, 0.6) is 23.0 Å². The number of methoxy groups -OCH3 is 3. The highest BCUT2D eigenvalue weighted by Crippen LogP contribution is 2.38. The molecule has 0 aromatic heterocycles. The van der Waals surface area contributed by atoms with Crippen LogP contribution in [0.4, 0.5) is 0 Å². The average Bonchev–Trinajstić information content (AvgIpc) is 3.60. The lowest BCUT2D eigenvalue weighted by atomic mass is 9.87. The van der Waals surface area contributed by atoms with Gasteiger partial charge in [0.05, 0.1) is 44.2 Å². The van der Waals surface area contributed by atoms with Gasteiger partial charge in [0.1, 0.15) is 23.7 Å². The Morgan fingerprint density at radius 2 is 1.76 bits per heavy atom.